The predicted molar refractivity (Wildman–Crippen MR) is 136 cm³/mol. The summed E-state index contributed by atoms with van der Waals surface area (Å²) in [4.78, 5) is 25.0. The molecule has 0 fully saturated rings. The largest absolute Gasteiger partial charge is 0.573 e. The number of carbonyl (C=O) groups excluding carboxylic acids is 2. The summed E-state index contributed by atoms with van der Waals surface area (Å²) in [5.41, 5.74) is 2.54. The lowest BCUT2D eigenvalue weighted by Gasteiger charge is -2.13. The van der Waals surface area contributed by atoms with Crippen molar-refractivity contribution in [2.75, 3.05) is 0 Å². The van der Waals surface area contributed by atoms with Crippen LogP contribution in [0.15, 0.2) is 91.0 Å². The number of ether oxygens (including phenoxy) is 3. The highest BCUT2D eigenvalue weighted by molar-refractivity contribution is 5.96. The van der Waals surface area contributed by atoms with E-state index in [0.29, 0.717) is 5.56 Å². The van der Waals surface area contributed by atoms with E-state index in [1.54, 1.807) is 48.5 Å². The first-order valence-corrected chi connectivity index (χ1v) is 11.7. The Hall–Kier alpha value is -5.17. The summed E-state index contributed by atoms with van der Waals surface area (Å²) in [6.45, 7) is 1.28. The van der Waals surface area contributed by atoms with E-state index in [9.17, 15) is 27.2 Å². The molecular formula is C30H19F4NO5. The van der Waals surface area contributed by atoms with Crippen LogP contribution in [0.1, 0.15) is 12.5 Å². The van der Waals surface area contributed by atoms with Gasteiger partial charge in [0.15, 0.2) is 5.92 Å². The monoisotopic (exact) mass is 549 g/mol. The van der Waals surface area contributed by atoms with Gasteiger partial charge in [0, 0.05) is 11.6 Å². The average molecular weight is 549 g/mol. The molecule has 4 rings (SSSR count). The smallest absolute Gasteiger partial charge is 0.426 e. The fourth-order valence-corrected chi connectivity index (χ4v) is 3.59. The molecule has 4 aromatic carbocycles. The highest BCUT2D eigenvalue weighted by atomic mass is 19.4. The lowest BCUT2D eigenvalue weighted by atomic mass is 10.0. The van der Waals surface area contributed by atoms with Crippen molar-refractivity contribution >= 4 is 11.9 Å². The van der Waals surface area contributed by atoms with Crippen LogP contribution in [0.4, 0.5) is 17.6 Å². The number of halogens is 4. The van der Waals surface area contributed by atoms with Crippen LogP contribution in [0.2, 0.25) is 0 Å². The van der Waals surface area contributed by atoms with E-state index in [-0.39, 0.29) is 22.6 Å². The second-order valence-electron chi connectivity index (χ2n) is 8.49. The van der Waals surface area contributed by atoms with Crippen molar-refractivity contribution in [1.82, 2.24) is 0 Å². The molecule has 202 valence electrons. The van der Waals surface area contributed by atoms with Gasteiger partial charge in [0.05, 0.1) is 11.6 Å². The third-order valence-corrected chi connectivity index (χ3v) is 5.69. The molecule has 40 heavy (non-hydrogen) atoms. The number of hydrogen-bond acceptors (Lipinski definition) is 6. The minimum Gasteiger partial charge on any atom is -0.426 e. The van der Waals surface area contributed by atoms with Crippen molar-refractivity contribution in [2.24, 2.45) is 5.92 Å². The Morgan fingerprint density at radius 1 is 0.725 bits per heavy atom. The fraction of sp³-hybridized carbons (Fsp3) is 0.100. The molecule has 0 heterocycles. The van der Waals surface area contributed by atoms with E-state index in [0.717, 1.165) is 29.3 Å². The first-order valence-electron chi connectivity index (χ1n) is 11.7. The van der Waals surface area contributed by atoms with E-state index < -0.39 is 35.8 Å². The molecule has 0 saturated heterocycles. The Morgan fingerprint density at radius 2 is 1.20 bits per heavy atom. The minimum absolute atomic E-state index is 0.0512. The van der Waals surface area contributed by atoms with Gasteiger partial charge in [-0.15, -0.1) is 13.2 Å². The first-order chi connectivity index (χ1) is 19.0. The zero-order valence-electron chi connectivity index (χ0n) is 20.7. The summed E-state index contributed by atoms with van der Waals surface area (Å²) < 4.78 is 65.9. The summed E-state index contributed by atoms with van der Waals surface area (Å²) >= 11 is 0. The van der Waals surface area contributed by atoms with Gasteiger partial charge in [0.2, 0.25) is 0 Å². The van der Waals surface area contributed by atoms with Crippen LogP contribution in [-0.2, 0) is 9.59 Å². The Kier molecular flexibility index (Phi) is 8.15. The molecule has 0 aliphatic carbocycles. The number of carbonyl (C=O) groups is 2. The molecule has 0 aromatic heterocycles. The van der Waals surface area contributed by atoms with Crippen molar-refractivity contribution < 1.29 is 41.4 Å². The van der Waals surface area contributed by atoms with Crippen LogP contribution in [0, 0.1) is 23.1 Å². The topological polar surface area (TPSA) is 85.6 Å². The van der Waals surface area contributed by atoms with Gasteiger partial charge in [-0.3, -0.25) is 9.59 Å². The van der Waals surface area contributed by atoms with E-state index in [1.807, 2.05) is 6.07 Å². The van der Waals surface area contributed by atoms with E-state index in [1.165, 1.54) is 31.2 Å². The lowest BCUT2D eigenvalue weighted by Crippen LogP contribution is -2.29. The van der Waals surface area contributed by atoms with Crippen molar-refractivity contribution in [3.05, 3.63) is 102 Å². The zero-order valence-corrected chi connectivity index (χ0v) is 20.7. The van der Waals surface area contributed by atoms with Gasteiger partial charge in [0.1, 0.15) is 23.1 Å². The van der Waals surface area contributed by atoms with E-state index in [2.05, 4.69) is 4.74 Å². The molecule has 0 spiro atoms. The number of rotatable bonds is 7. The Bertz CT molecular complexity index is 1560. The molecule has 1 unspecified atom stereocenters. The second kappa shape index (κ2) is 11.7. The van der Waals surface area contributed by atoms with Gasteiger partial charge < -0.3 is 14.2 Å². The van der Waals surface area contributed by atoms with Crippen LogP contribution < -0.4 is 14.2 Å². The van der Waals surface area contributed by atoms with Gasteiger partial charge in [-0.25, -0.2) is 4.39 Å². The molecule has 10 heteroatoms. The number of alkyl halides is 3. The van der Waals surface area contributed by atoms with Crippen molar-refractivity contribution in [2.45, 2.75) is 13.3 Å². The highest BCUT2D eigenvalue weighted by Crippen LogP contribution is 2.30. The van der Waals surface area contributed by atoms with Gasteiger partial charge in [-0.2, -0.15) is 5.26 Å². The summed E-state index contributed by atoms with van der Waals surface area (Å²) in [6, 6.07) is 23.6. The summed E-state index contributed by atoms with van der Waals surface area (Å²) in [5, 5.41) is 8.91. The third-order valence-electron chi connectivity index (χ3n) is 5.69. The molecular weight excluding hydrogens is 530 g/mol. The number of nitrogens with zero attached hydrogens (tertiary/aromatic N) is 1. The van der Waals surface area contributed by atoms with Gasteiger partial charge >= 0.3 is 18.3 Å². The predicted octanol–water partition coefficient (Wildman–Crippen LogP) is 7.08. The molecule has 0 amide bonds. The lowest BCUT2D eigenvalue weighted by molar-refractivity contribution is -0.274. The van der Waals surface area contributed by atoms with Gasteiger partial charge in [0.25, 0.3) is 0 Å². The van der Waals surface area contributed by atoms with Crippen LogP contribution in [0.5, 0.6) is 17.2 Å². The van der Waals surface area contributed by atoms with Crippen LogP contribution >= 0.6 is 0 Å². The number of hydrogen-bond donors (Lipinski definition) is 0. The molecule has 0 aliphatic heterocycles. The van der Waals surface area contributed by atoms with Crippen molar-refractivity contribution in [1.29, 1.82) is 5.26 Å². The standard InChI is InChI=1S/C30H19F4NO5/c1-18(28(36)38-23-10-6-21(7-11-23)20-4-2-19(17-35)3-5-20)29(37)39-25-14-15-26(27(31)16-25)22-8-12-24(13-9-22)40-30(32,33)34/h2-16,18H,1H3. The van der Waals surface area contributed by atoms with Gasteiger partial charge in [-0.05, 0) is 72.1 Å². The second-order valence-corrected chi connectivity index (χ2v) is 8.49. The van der Waals surface area contributed by atoms with E-state index in [4.69, 9.17) is 14.7 Å². The molecule has 0 bridgehead atoms. The molecule has 0 N–H and O–H groups in total. The maximum absolute atomic E-state index is 14.7. The van der Waals surface area contributed by atoms with Crippen LogP contribution in [-0.4, -0.2) is 18.3 Å². The zero-order chi connectivity index (χ0) is 28.9. The first kappa shape index (κ1) is 27.9. The Morgan fingerprint density at radius 3 is 1.73 bits per heavy atom. The van der Waals surface area contributed by atoms with E-state index >= 15 is 0 Å². The maximum atomic E-state index is 14.7. The Balaban J connectivity index is 1.35. The highest BCUT2D eigenvalue weighted by Gasteiger charge is 2.31. The molecule has 4 aromatic rings. The molecule has 0 radical (unpaired) electrons. The quantitative estimate of drug-likeness (QED) is 0.106. The summed E-state index contributed by atoms with van der Waals surface area (Å²) in [6.07, 6.45) is -4.85. The van der Waals surface area contributed by atoms with Crippen molar-refractivity contribution in [3.8, 4) is 45.6 Å². The Labute approximate surface area is 226 Å². The van der Waals surface area contributed by atoms with Crippen molar-refractivity contribution in [3.63, 3.8) is 0 Å². The molecule has 1 atom stereocenters. The number of benzene rings is 4. The third kappa shape index (κ3) is 7.02. The summed E-state index contributed by atoms with van der Waals surface area (Å²) in [5.74, 6) is -4.41. The molecule has 0 saturated carbocycles. The summed E-state index contributed by atoms with van der Waals surface area (Å²) in [7, 11) is 0. The fourth-order valence-electron chi connectivity index (χ4n) is 3.59. The molecule has 0 aliphatic rings. The molecule has 6 nitrogen and oxygen atoms in total. The normalized spacial score (nSPS) is 11.7. The number of esters is 2. The maximum Gasteiger partial charge on any atom is 0.573 e. The van der Waals surface area contributed by atoms with Gasteiger partial charge in [-0.1, -0.05) is 36.4 Å². The SMILES string of the molecule is CC(C(=O)Oc1ccc(-c2ccc(C#N)cc2)cc1)C(=O)Oc1ccc(-c2ccc(OC(F)(F)F)cc2)c(F)c1. The average Bonchev–Trinajstić information content (AvgIpc) is 2.93. The minimum atomic E-state index is -4.85. The van der Waals surface area contributed by atoms with Crippen LogP contribution in [0.25, 0.3) is 22.3 Å². The van der Waals surface area contributed by atoms with Crippen LogP contribution in [0.3, 0.4) is 0 Å². The number of nitriles is 1.